The summed E-state index contributed by atoms with van der Waals surface area (Å²) in [6.45, 7) is 7.34. The van der Waals surface area contributed by atoms with Gasteiger partial charge in [0.05, 0.1) is 5.69 Å². The van der Waals surface area contributed by atoms with E-state index >= 15 is 0 Å². The van der Waals surface area contributed by atoms with Gasteiger partial charge in [0.15, 0.2) is 0 Å². The number of anilines is 2. The Hall–Kier alpha value is -1.30. The molecule has 1 aliphatic rings. The number of likely N-dealkylation sites (N-methyl/N-ethyl adjacent to an activating group) is 1. The number of hydrogen-bond donors (Lipinski definition) is 2. The molecule has 1 fully saturated rings. The van der Waals surface area contributed by atoms with Crippen molar-refractivity contribution in [2.24, 2.45) is 0 Å². The lowest BCUT2D eigenvalue weighted by atomic mass is 10.2. The lowest BCUT2D eigenvalue weighted by molar-refractivity contribution is 0.0292. The van der Waals surface area contributed by atoms with Gasteiger partial charge < -0.3 is 9.80 Å². The third-order valence-corrected chi connectivity index (χ3v) is 3.25. The fourth-order valence-corrected chi connectivity index (χ4v) is 2.14. The molecular weight excluding hydrogens is 218 g/mol. The Morgan fingerprint density at radius 3 is 2.47 bits per heavy atom. The van der Waals surface area contributed by atoms with Crippen molar-refractivity contribution in [3.63, 3.8) is 0 Å². The molecule has 0 saturated carbocycles. The SMILES string of the molecule is CCN1CCN(c2cccc(N(O)O)c2)CC1. The molecule has 5 heteroatoms. The molecule has 0 atom stereocenters. The van der Waals surface area contributed by atoms with E-state index < -0.39 is 0 Å². The van der Waals surface area contributed by atoms with E-state index in [9.17, 15) is 0 Å². The van der Waals surface area contributed by atoms with Crippen LogP contribution in [-0.4, -0.2) is 48.0 Å². The zero-order valence-electron chi connectivity index (χ0n) is 10.1. The summed E-state index contributed by atoms with van der Waals surface area (Å²) in [7, 11) is 0. The second-order valence-corrected chi connectivity index (χ2v) is 4.23. The molecule has 1 saturated heterocycles. The van der Waals surface area contributed by atoms with Gasteiger partial charge in [0, 0.05) is 31.9 Å². The Kier molecular flexibility index (Phi) is 3.83. The summed E-state index contributed by atoms with van der Waals surface area (Å²) in [5, 5.41) is 18.1. The van der Waals surface area contributed by atoms with Gasteiger partial charge in [-0.05, 0) is 24.7 Å². The summed E-state index contributed by atoms with van der Waals surface area (Å²) in [5.74, 6) is 0. The van der Waals surface area contributed by atoms with E-state index in [4.69, 9.17) is 10.4 Å². The first-order valence-corrected chi connectivity index (χ1v) is 5.96. The molecule has 0 aromatic heterocycles. The molecule has 1 aromatic rings. The van der Waals surface area contributed by atoms with Crippen LogP contribution < -0.4 is 10.1 Å². The first-order chi connectivity index (χ1) is 8.20. The van der Waals surface area contributed by atoms with Crippen LogP contribution in [0.3, 0.4) is 0 Å². The van der Waals surface area contributed by atoms with E-state index in [-0.39, 0.29) is 5.23 Å². The molecule has 1 aliphatic heterocycles. The molecule has 0 bridgehead atoms. The summed E-state index contributed by atoms with van der Waals surface area (Å²) in [4.78, 5) is 4.67. The summed E-state index contributed by atoms with van der Waals surface area (Å²) in [5.41, 5.74) is 1.42. The first kappa shape index (κ1) is 12.2. The minimum atomic E-state index is 0.159. The average Bonchev–Trinajstić information content (AvgIpc) is 2.39. The van der Waals surface area contributed by atoms with E-state index in [2.05, 4.69) is 16.7 Å². The van der Waals surface area contributed by atoms with Crippen LogP contribution in [0, 0.1) is 0 Å². The second kappa shape index (κ2) is 5.35. The molecule has 1 aromatic carbocycles. The lowest BCUT2D eigenvalue weighted by Crippen LogP contribution is -2.46. The lowest BCUT2D eigenvalue weighted by Gasteiger charge is -2.35. The highest BCUT2D eigenvalue weighted by Gasteiger charge is 2.16. The highest BCUT2D eigenvalue weighted by atomic mass is 16.8. The summed E-state index contributed by atoms with van der Waals surface area (Å²) in [6.07, 6.45) is 0. The van der Waals surface area contributed by atoms with Crippen molar-refractivity contribution < 1.29 is 10.4 Å². The number of benzene rings is 1. The zero-order valence-corrected chi connectivity index (χ0v) is 10.1. The van der Waals surface area contributed by atoms with Crippen molar-refractivity contribution in [3.05, 3.63) is 24.3 Å². The van der Waals surface area contributed by atoms with Crippen LogP contribution in [0.25, 0.3) is 0 Å². The normalized spacial score (nSPS) is 17.2. The van der Waals surface area contributed by atoms with Gasteiger partial charge >= 0.3 is 0 Å². The van der Waals surface area contributed by atoms with Crippen molar-refractivity contribution in [1.29, 1.82) is 0 Å². The minimum absolute atomic E-state index is 0.159. The maximum atomic E-state index is 8.99. The molecule has 94 valence electrons. The Morgan fingerprint density at radius 1 is 1.18 bits per heavy atom. The topological polar surface area (TPSA) is 50.2 Å². The second-order valence-electron chi connectivity index (χ2n) is 4.23. The fraction of sp³-hybridized carbons (Fsp3) is 0.500. The standard InChI is InChI=1S/C12H19N3O2/c1-2-13-6-8-14(9-7-13)11-4-3-5-12(10-11)15(16)17/h3-5,10,16-17H,2,6-9H2,1H3. The third kappa shape index (κ3) is 2.88. The predicted octanol–water partition coefficient (Wildman–Crippen LogP) is 1.41. The molecule has 0 unspecified atom stereocenters. The van der Waals surface area contributed by atoms with Crippen LogP contribution in [0.4, 0.5) is 11.4 Å². The summed E-state index contributed by atoms with van der Waals surface area (Å²) >= 11 is 0. The monoisotopic (exact) mass is 237 g/mol. The maximum Gasteiger partial charge on any atom is 0.0963 e. The molecule has 0 radical (unpaired) electrons. The molecule has 2 rings (SSSR count). The number of hydrogen-bond acceptors (Lipinski definition) is 5. The third-order valence-electron chi connectivity index (χ3n) is 3.25. The number of rotatable bonds is 3. The molecule has 2 N–H and O–H groups in total. The molecule has 5 nitrogen and oxygen atoms in total. The summed E-state index contributed by atoms with van der Waals surface area (Å²) < 4.78 is 0. The average molecular weight is 237 g/mol. The highest BCUT2D eigenvalue weighted by molar-refractivity contribution is 5.57. The quantitative estimate of drug-likeness (QED) is 0.779. The Balaban J connectivity index is 2.05. The molecule has 17 heavy (non-hydrogen) atoms. The first-order valence-electron chi connectivity index (χ1n) is 5.96. The van der Waals surface area contributed by atoms with Gasteiger partial charge in [-0.1, -0.05) is 13.0 Å². The fourth-order valence-electron chi connectivity index (χ4n) is 2.14. The van der Waals surface area contributed by atoms with Crippen molar-refractivity contribution >= 4 is 11.4 Å². The van der Waals surface area contributed by atoms with Crippen LogP contribution in [0.1, 0.15) is 6.92 Å². The van der Waals surface area contributed by atoms with Gasteiger partial charge in [0.1, 0.15) is 0 Å². The molecule has 0 aliphatic carbocycles. The Bertz CT molecular complexity index is 363. The molecule has 0 spiro atoms. The zero-order chi connectivity index (χ0) is 12.3. The van der Waals surface area contributed by atoms with Crippen molar-refractivity contribution in [3.8, 4) is 0 Å². The van der Waals surface area contributed by atoms with Crippen LogP contribution in [0.15, 0.2) is 24.3 Å². The number of piperazine rings is 1. The van der Waals surface area contributed by atoms with Gasteiger partial charge in [-0.15, -0.1) is 5.23 Å². The highest BCUT2D eigenvalue weighted by Crippen LogP contribution is 2.22. The van der Waals surface area contributed by atoms with Gasteiger partial charge in [-0.2, -0.15) is 0 Å². The van der Waals surface area contributed by atoms with Crippen molar-refractivity contribution in [1.82, 2.24) is 4.90 Å². The summed E-state index contributed by atoms with van der Waals surface area (Å²) in [6, 6.07) is 7.26. The molecule has 1 heterocycles. The Morgan fingerprint density at radius 2 is 1.88 bits per heavy atom. The van der Waals surface area contributed by atoms with Gasteiger partial charge in [-0.25, -0.2) is 0 Å². The van der Waals surface area contributed by atoms with E-state index in [1.165, 1.54) is 0 Å². The molecular formula is C12H19N3O2. The number of nitrogens with zero attached hydrogens (tertiary/aromatic N) is 3. The predicted molar refractivity (Wildman–Crippen MR) is 66.8 cm³/mol. The van der Waals surface area contributed by atoms with E-state index in [1.54, 1.807) is 12.1 Å². The van der Waals surface area contributed by atoms with Gasteiger partial charge in [0.25, 0.3) is 0 Å². The van der Waals surface area contributed by atoms with Crippen LogP contribution in [0.2, 0.25) is 0 Å². The van der Waals surface area contributed by atoms with Crippen molar-refractivity contribution in [2.45, 2.75) is 6.92 Å². The van der Waals surface area contributed by atoms with Crippen LogP contribution in [-0.2, 0) is 0 Å². The minimum Gasteiger partial charge on any atom is -0.369 e. The van der Waals surface area contributed by atoms with Gasteiger partial charge in [-0.3, -0.25) is 10.4 Å². The van der Waals surface area contributed by atoms with E-state index in [0.29, 0.717) is 5.69 Å². The van der Waals surface area contributed by atoms with E-state index in [0.717, 1.165) is 38.4 Å². The maximum absolute atomic E-state index is 8.99. The Labute approximate surface area is 101 Å². The van der Waals surface area contributed by atoms with Crippen molar-refractivity contribution in [2.75, 3.05) is 42.9 Å². The van der Waals surface area contributed by atoms with E-state index in [1.807, 2.05) is 12.1 Å². The van der Waals surface area contributed by atoms with Gasteiger partial charge in [0.2, 0.25) is 0 Å². The molecule has 0 amide bonds. The van der Waals surface area contributed by atoms with Crippen LogP contribution in [0.5, 0.6) is 0 Å². The van der Waals surface area contributed by atoms with Crippen LogP contribution >= 0.6 is 0 Å². The smallest absolute Gasteiger partial charge is 0.0963 e. The largest absolute Gasteiger partial charge is 0.369 e.